The summed E-state index contributed by atoms with van der Waals surface area (Å²) in [5, 5.41) is 13.2. The molecule has 0 aliphatic heterocycles. The lowest BCUT2D eigenvalue weighted by molar-refractivity contribution is 0.281. The average Bonchev–Trinajstić information content (AvgIpc) is 3.00. The summed E-state index contributed by atoms with van der Waals surface area (Å²) in [7, 11) is 0. The van der Waals surface area contributed by atoms with Crippen molar-refractivity contribution in [2.24, 2.45) is 0 Å². The SMILES string of the molecule is OCc1cccc(CNc2cn(Cc3cccc(Cl)c3)cn2)c1. The molecule has 23 heavy (non-hydrogen) atoms. The van der Waals surface area contributed by atoms with Crippen LogP contribution >= 0.6 is 11.6 Å². The minimum Gasteiger partial charge on any atom is -0.392 e. The minimum atomic E-state index is 0.0576. The quantitative estimate of drug-likeness (QED) is 0.726. The first-order valence-corrected chi connectivity index (χ1v) is 7.79. The van der Waals surface area contributed by atoms with Gasteiger partial charge >= 0.3 is 0 Å². The highest BCUT2D eigenvalue weighted by atomic mass is 35.5. The molecule has 4 nitrogen and oxygen atoms in total. The van der Waals surface area contributed by atoms with E-state index in [0.29, 0.717) is 6.54 Å². The Bertz CT molecular complexity index is 785. The lowest BCUT2D eigenvalue weighted by Crippen LogP contribution is -2.00. The summed E-state index contributed by atoms with van der Waals surface area (Å²) in [5.74, 6) is 0.821. The largest absolute Gasteiger partial charge is 0.392 e. The maximum absolute atomic E-state index is 9.16. The number of rotatable bonds is 6. The Hall–Kier alpha value is -2.30. The molecule has 3 aromatic rings. The number of benzene rings is 2. The van der Waals surface area contributed by atoms with E-state index in [0.717, 1.165) is 34.1 Å². The number of hydrogen-bond donors (Lipinski definition) is 2. The van der Waals surface area contributed by atoms with E-state index in [9.17, 15) is 0 Å². The van der Waals surface area contributed by atoms with Crippen LogP contribution in [0, 0.1) is 0 Å². The zero-order chi connectivity index (χ0) is 16.1. The summed E-state index contributed by atoms with van der Waals surface area (Å²) in [6.45, 7) is 1.46. The van der Waals surface area contributed by atoms with Gasteiger partial charge in [-0.05, 0) is 28.8 Å². The van der Waals surface area contributed by atoms with E-state index in [1.54, 1.807) is 6.33 Å². The molecule has 2 N–H and O–H groups in total. The van der Waals surface area contributed by atoms with Gasteiger partial charge in [0.05, 0.1) is 12.9 Å². The van der Waals surface area contributed by atoms with Crippen LogP contribution in [0.4, 0.5) is 5.82 Å². The number of hydrogen-bond acceptors (Lipinski definition) is 3. The van der Waals surface area contributed by atoms with Crippen molar-refractivity contribution < 1.29 is 5.11 Å². The molecule has 5 heteroatoms. The molecule has 0 saturated heterocycles. The predicted molar refractivity (Wildman–Crippen MR) is 92.5 cm³/mol. The van der Waals surface area contributed by atoms with Gasteiger partial charge < -0.3 is 15.0 Å². The van der Waals surface area contributed by atoms with Crippen molar-refractivity contribution in [1.82, 2.24) is 9.55 Å². The number of aliphatic hydroxyl groups is 1. The molecule has 0 aliphatic rings. The number of halogens is 1. The van der Waals surface area contributed by atoms with Crippen LogP contribution in [0.5, 0.6) is 0 Å². The summed E-state index contributed by atoms with van der Waals surface area (Å²) in [5.41, 5.74) is 3.16. The maximum atomic E-state index is 9.16. The van der Waals surface area contributed by atoms with E-state index in [4.69, 9.17) is 16.7 Å². The van der Waals surface area contributed by atoms with Gasteiger partial charge in [0.15, 0.2) is 0 Å². The molecule has 0 spiro atoms. The fourth-order valence-electron chi connectivity index (χ4n) is 2.41. The zero-order valence-electron chi connectivity index (χ0n) is 12.6. The molecule has 1 aromatic heterocycles. The summed E-state index contributed by atoms with van der Waals surface area (Å²) in [4.78, 5) is 4.36. The van der Waals surface area contributed by atoms with E-state index in [1.165, 1.54) is 0 Å². The molecule has 0 unspecified atom stereocenters. The van der Waals surface area contributed by atoms with Crippen molar-refractivity contribution in [2.75, 3.05) is 5.32 Å². The average molecular weight is 328 g/mol. The van der Waals surface area contributed by atoms with E-state index in [2.05, 4.69) is 10.3 Å². The van der Waals surface area contributed by atoms with Crippen LogP contribution in [0.1, 0.15) is 16.7 Å². The Morgan fingerprint density at radius 3 is 2.65 bits per heavy atom. The molecule has 0 amide bonds. The van der Waals surface area contributed by atoms with Gasteiger partial charge in [0, 0.05) is 24.3 Å². The van der Waals surface area contributed by atoms with E-state index in [-0.39, 0.29) is 6.61 Å². The second kappa shape index (κ2) is 7.31. The molecule has 118 valence electrons. The molecule has 0 saturated carbocycles. The normalized spacial score (nSPS) is 10.7. The lowest BCUT2D eigenvalue weighted by atomic mass is 10.1. The van der Waals surface area contributed by atoms with Crippen molar-refractivity contribution in [3.63, 3.8) is 0 Å². The van der Waals surface area contributed by atoms with Crippen LogP contribution in [0.25, 0.3) is 0 Å². The van der Waals surface area contributed by atoms with Gasteiger partial charge in [0.1, 0.15) is 5.82 Å². The van der Waals surface area contributed by atoms with Gasteiger partial charge in [-0.2, -0.15) is 0 Å². The van der Waals surface area contributed by atoms with Crippen LogP contribution in [0.3, 0.4) is 0 Å². The van der Waals surface area contributed by atoms with Gasteiger partial charge in [0.2, 0.25) is 0 Å². The first-order chi connectivity index (χ1) is 11.2. The molecule has 2 aromatic carbocycles. The predicted octanol–water partition coefficient (Wildman–Crippen LogP) is 3.69. The van der Waals surface area contributed by atoms with Gasteiger partial charge in [-0.1, -0.05) is 48.0 Å². The van der Waals surface area contributed by atoms with Crippen LogP contribution in [0.15, 0.2) is 61.1 Å². The zero-order valence-corrected chi connectivity index (χ0v) is 13.4. The van der Waals surface area contributed by atoms with E-state index < -0.39 is 0 Å². The number of nitrogens with one attached hydrogen (secondary N) is 1. The third-order valence-electron chi connectivity index (χ3n) is 3.54. The number of imidazole rings is 1. The second-order valence-electron chi connectivity index (χ2n) is 5.39. The third-order valence-corrected chi connectivity index (χ3v) is 3.77. The second-order valence-corrected chi connectivity index (χ2v) is 5.83. The first kappa shape index (κ1) is 15.6. The number of aliphatic hydroxyl groups excluding tert-OH is 1. The lowest BCUT2D eigenvalue weighted by Gasteiger charge is -2.05. The highest BCUT2D eigenvalue weighted by Crippen LogP contribution is 2.13. The fraction of sp³-hybridized carbons (Fsp3) is 0.167. The van der Waals surface area contributed by atoms with Crippen molar-refractivity contribution in [1.29, 1.82) is 0 Å². The van der Waals surface area contributed by atoms with E-state index >= 15 is 0 Å². The Morgan fingerprint density at radius 1 is 1.04 bits per heavy atom. The van der Waals surface area contributed by atoms with Crippen molar-refractivity contribution in [3.05, 3.63) is 82.8 Å². The molecular weight excluding hydrogens is 310 g/mol. The minimum absolute atomic E-state index is 0.0576. The van der Waals surface area contributed by atoms with Gasteiger partial charge in [-0.25, -0.2) is 4.98 Å². The van der Waals surface area contributed by atoms with Gasteiger partial charge in [-0.15, -0.1) is 0 Å². The Morgan fingerprint density at radius 2 is 1.83 bits per heavy atom. The smallest absolute Gasteiger partial charge is 0.144 e. The molecular formula is C18H18ClN3O. The Labute approximate surface area is 140 Å². The van der Waals surface area contributed by atoms with Crippen molar-refractivity contribution >= 4 is 17.4 Å². The molecule has 3 rings (SSSR count). The first-order valence-electron chi connectivity index (χ1n) is 7.42. The molecule has 0 fully saturated rings. The molecule has 0 bridgehead atoms. The number of nitrogens with zero attached hydrogens (tertiary/aromatic N) is 2. The third kappa shape index (κ3) is 4.34. The highest BCUT2D eigenvalue weighted by molar-refractivity contribution is 6.30. The molecule has 0 atom stereocenters. The number of aromatic nitrogens is 2. The van der Waals surface area contributed by atoms with Crippen LogP contribution in [-0.2, 0) is 19.7 Å². The van der Waals surface area contributed by atoms with Crippen molar-refractivity contribution in [3.8, 4) is 0 Å². The maximum Gasteiger partial charge on any atom is 0.144 e. The number of anilines is 1. The van der Waals surface area contributed by atoms with Gasteiger partial charge in [0.25, 0.3) is 0 Å². The standard InChI is InChI=1S/C18H18ClN3O/c19-17-6-2-4-15(8-17)10-22-11-18(21-13-22)20-9-14-3-1-5-16(7-14)12-23/h1-8,11,13,20,23H,9-10,12H2. The topological polar surface area (TPSA) is 50.1 Å². The van der Waals surface area contributed by atoms with Gasteiger partial charge in [-0.3, -0.25) is 0 Å². The Balaban J connectivity index is 1.60. The summed E-state index contributed by atoms with van der Waals surface area (Å²) >= 11 is 6.00. The molecule has 1 heterocycles. The monoisotopic (exact) mass is 327 g/mol. The van der Waals surface area contributed by atoms with Crippen LogP contribution in [-0.4, -0.2) is 14.7 Å². The highest BCUT2D eigenvalue weighted by Gasteiger charge is 2.01. The molecule has 0 radical (unpaired) electrons. The van der Waals surface area contributed by atoms with E-state index in [1.807, 2.05) is 59.3 Å². The fourth-order valence-corrected chi connectivity index (χ4v) is 2.63. The summed E-state index contributed by atoms with van der Waals surface area (Å²) in [6.07, 6.45) is 3.77. The van der Waals surface area contributed by atoms with Crippen molar-refractivity contribution in [2.45, 2.75) is 19.7 Å². The van der Waals surface area contributed by atoms with Crippen LogP contribution in [0.2, 0.25) is 5.02 Å². The summed E-state index contributed by atoms with van der Waals surface area (Å²) in [6, 6.07) is 15.7. The Kier molecular flexibility index (Phi) is 4.95. The molecule has 0 aliphatic carbocycles. The van der Waals surface area contributed by atoms with Crippen LogP contribution < -0.4 is 5.32 Å². The summed E-state index contributed by atoms with van der Waals surface area (Å²) < 4.78 is 2.01.